The number of aryl methyl sites for hydroxylation is 2. The first kappa shape index (κ1) is 17.8. The van der Waals surface area contributed by atoms with Crippen molar-refractivity contribution in [2.24, 2.45) is 0 Å². The number of rotatable bonds is 6. The summed E-state index contributed by atoms with van der Waals surface area (Å²) in [6.45, 7) is 2.24. The lowest BCUT2D eigenvalue weighted by Crippen LogP contribution is -2.31. The Labute approximate surface area is 130 Å². The maximum atomic E-state index is 10.5. The van der Waals surface area contributed by atoms with Crippen LogP contribution in [0.4, 0.5) is 0 Å². The summed E-state index contributed by atoms with van der Waals surface area (Å²) in [5.74, 6) is 0. The highest BCUT2D eigenvalue weighted by molar-refractivity contribution is 5.24. The molecule has 0 bridgehead atoms. The van der Waals surface area contributed by atoms with Crippen molar-refractivity contribution in [3.63, 3.8) is 0 Å². The largest absolute Gasteiger partial charge is 0.390 e. The predicted molar refractivity (Wildman–Crippen MR) is 91.3 cm³/mol. The number of benzene rings is 1. The summed E-state index contributed by atoms with van der Waals surface area (Å²) in [4.78, 5) is 0. The SMILES string of the molecule is C#C.CCCCc1cccc(CCC2(O)CCCCC2)c1. The van der Waals surface area contributed by atoms with Gasteiger partial charge in [0.25, 0.3) is 0 Å². The summed E-state index contributed by atoms with van der Waals surface area (Å²) < 4.78 is 0. The smallest absolute Gasteiger partial charge is 0.0651 e. The summed E-state index contributed by atoms with van der Waals surface area (Å²) >= 11 is 0. The summed E-state index contributed by atoms with van der Waals surface area (Å²) in [6, 6.07) is 8.95. The Morgan fingerprint density at radius 1 is 1.05 bits per heavy atom. The van der Waals surface area contributed by atoms with E-state index in [9.17, 15) is 5.11 Å². The molecule has 1 aromatic rings. The first-order valence-corrected chi connectivity index (χ1v) is 8.35. The Morgan fingerprint density at radius 3 is 2.29 bits per heavy atom. The second kappa shape index (κ2) is 9.64. The van der Waals surface area contributed by atoms with Crippen LogP contribution in [0.3, 0.4) is 0 Å². The van der Waals surface area contributed by atoms with Crippen LogP contribution in [0.25, 0.3) is 0 Å². The molecular formula is C20H30O. The number of unbranched alkanes of at least 4 members (excludes halogenated alkanes) is 1. The average Bonchev–Trinajstić information content (AvgIpc) is 2.54. The van der Waals surface area contributed by atoms with E-state index in [1.165, 1.54) is 49.7 Å². The molecule has 0 atom stereocenters. The van der Waals surface area contributed by atoms with Gasteiger partial charge in [0.15, 0.2) is 0 Å². The second-order valence-electron chi connectivity index (χ2n) is 6.21. The lowest BCUT2D eigenvalue weighted by molar-refractivity contribution is -0.00342. The van der Waals surface area contributed by atoms with Crippen molar-refractivity contribution in [3.05, 3.63) is 35.4 Å². The molecule has 0 unspecified atom stereocenters. The number of aliphatic hydroxyl groups is 1. The first-order chi connectivity index (χ1) is 10.2. The molecule has 1 aliphatic rings. The van der Waals surface area contributed by atoms with E-state index in [0.29, 0.717) is 0 Å². The van der Waals surface area contributed by atoms with Crippen LogP contribution < -0.4 is 0 Å². The van der Waals surface area contributed by atoms with Crippen LogP contribution in [-0.4, -0.2) is 10.7 Å². The summed E-state index contributed by atoms with van der Waals surface area (Å²) in [5, 5.41) is 10.5. The van der Waals surface area contributed by atoms with Crippen molar-refractivity contribution in [1.82, 2.24) is 0 Å². The molecule has 2 rings (SSSR count). The van der Waals surface area contributed by atoms with Gasteiger partial charge in [0.2, 0.25) is 0 Å². The van der Waals surface area contributed by atoms with Gasteiger partial charge in [-0.05, 0) is 49.7 Å². The van der Waals surface area contributed by atoms with E-state index in [-0.39, 0.29) is 5.60 Å². The zero-order valence-electron chi connectivity index (χ0n) is 13.5. The third-order valence-electron chi connectivity index (χ3n) is 4.47. The lowest BCUT2D eigenvalue weighted by atomic mass is 9.81. The lowest BCUT2D eigenvalue weighted by Gasteiger charge is -2.32. The van der Waals surface area contributed by atoms with E-state index in [1.54, 1.807) is 0 Å². The second-order valence-corrected chi connectivity index (χ2v) is 6.21. The van der Waals surface area contributed by atoms with Crippen molar-refractivity contribution >= 4 is 0 Å². The van der Waals surface area contributed by atoms with Crippen LogP contribution in [0, 0.1) is 12.8 Å². The van der Waals surface area contributed by atoms with Crippen LogP contribution in [0.5, 0.6) is 0 Å². The molecule has 1 nitrogen and oxygen atoms in total. The summed E-state index contributed by atoms with van der Waals surface area (Å²) in [7, 11) is 0. The molecule has 0 aromatic heterocycles. The molecule has 1 heteroatoms. The molecule has 1 saturated carbocycles. The Hall–Kier alpha value is -1.26. The van der Waals surface area contributed by atoms with Gasteiger partial charge in [0.05, 0.1) is 5.60 Å². The highest BCUT2D eigenvalue weighted by Crippen LogP contribution is 2.31. The summed E-state index contributed by atoms with van der Waals surface area (Å²) in [6.07, 6.45) is 19.4. The van der Waals surface area contributed by atoms with Crippen LogP contribution in [0.2, 0.25) is 0 Å². The van der Waals surface area contributed by atoms with E-state index >= 15 is 0 Å². The van der Waals surface area contributed by atoms with E-state index in [4.69, 9.17) is 0 Å². The van der Waals surface area contributed by atoms with Crippen molar-refractivity contribution < 1.29 is 5.11 Å². The van der Waals surface area contributed by atoms with E-state index in [1.807, 2.05) is 0 Å². The van der Waals surface area contributed by atoms with Gasteiger partial charge in [-0.15, -0.1) is 12.8 Å². The summed E-state index contributed by atoms with van der Waals surface area (Å²) in [5.41, 5.74) is 2.47. The fourth-order valence-electron chi connectivity index (χ4n) is 3.16. The Bertz CT molecular complexity index is 413. The van der Waals surface area contributed by atoms with Gasteiger partial charge in [-0.1, -0.05) is 56.9 Å². The molecular weight excluding hydrogens is 256 g/mol. The van der Waals surface area contributed by atoms with Crippen molar-refractivity contribution in [3.8, 4) is 12.8 Å². The molecule has 1 fully saturated rings. The maximum absolute atomic E-state index is 10.5. The van der Waals surface area contributed by atoms with Gasteiger partial charge < -0.3 is 5.11 Å². The zero-order valence-corrected chi connectivity index (χ0v) is 13.5. The third-order valence-corrected chi connectivity index (χ3v) is 4.47. The van der Waals surface area contributed by atoms with Crippen LogP contribution >= 0.6 is 0 Å². The van der Waals surface area contributed by atoms with Gasteiger partial charge in [-0.3, -0.25) is 0 Å². The Balaban J connectivity index is 0.00000106. The molecule has 116 valence electrons. The molecule has 1 aliphatic carbocycles. The highest BCUT2D eigenvalue weighted by Gasteiger charge is 2.28. The van der Waals surface area contributed by atoms with Crippen molar-refractivity contribution in [2.75, 3.05) is 0 Å². The van der Waals surface area contributed by atoms with Crippen molar-refractivity contribution in [1.29, 1.82) is 0 Å². The maximum Gasteiger partial charge on any atom is 0.0651 e. The highest BCUT2D eigenvalue weighted by atomic mass is 16.3. The number of hydrogen-bond donors (Lipinski definition) is 1. The van der Waals surface area contributed by atoms with E-state index < -0.39 is 0 Å². The molecule has 0 radical (unpaired) electrons. The minimum absolute atomic E-state index is 0.377. The van der Waals surface area contributed by atoms with Gasteiger partial charge in [0.1, 0.15) is 0 Å². The monoisotopic (exact) mass is 286 g/mol. The molecule has 0 heterocycles. The molecule has 1 aromatic carbocycles. The fraction of sp³-hybridized carbons (Fsp3) is 0.600. The minimum atomic E-state index is -0.377. The Kier molecular flexibility index (Phi) is 8.16. The predicted octanol–water partition coefficient (Wildman–Crippen LogP) is 4.91. The normalized spacial score (nSPS) is 16.8. The molecule has 1 N–H and O–H groups in total. The van der Waals surface area contributed by atoms with Crippen molar-refractivity contribution in [2.45, 2.75) is 76.7 Å². The standard InChI is InChI=1S/C18H28O.C2H2/c1-2-3-8-16-9-7-10-17(15-16)11-14-18(19)12-5-4-6-13-18;1-2/h7,9-10,15,19H,2-6,8,11-14H2,1H3;1-2H. The molecule has 21 heavy (non-hydrogen) atoms. The fourth-order valence-corrected chi connectivity index (χ4v) is 3.16. The third kappa shape index (κ3) is 6.36. The van der Waals surface area contributed by atoms with Gasteiger partial charge >= 0.3 is 0 Å². The minimum Gasteiger partial charge on any atom is -0.390 e. The molecule has 0 aliphatic heterocycles. The van der Waals surface area contributed by atoms with Crippen LogP contribution in [0.1, 0.15) is 69.4 Å². The molecule has 0 amide bonds. The Morgan fingerprint density at radius 2 is 1.67 bits per heavy atom. The van der Waals surface area contributed by atoms with E-state index in [0.717, 1.165) is 25.7 Å². The van der Waals surface area contributed by atoms with Gasteiger partial charge in [-0.25, -0.2) is 0 Å². The molecule has 0 saturated heterocycles. The van der Waals surface area contributed by atoms with Gasteiger partial charge in [0, 0.05) is 0 Å². The van der Waals surface area contributed by atoms with Crippen LogP contribution in [0.15, 0.2) is 24.3 Å². The van der Waals surface area contributed by atoms with Gasteiger partial charge in [-0.2, -0.15) is 0 Å². The van der Waals surface area contributed by atoms with E-state index in [2.05, 4.69) is 44.0 Å². The quantitative estimate of drug-likeness (QED) is 0.737. The van der Waals surface area contributed by atoms with Crippen LogP contribution in [-0.2, 0) is 12.8 Å². The topological polar surface area (TPSA) is 20.2 Å². The number of hydrogen-bond acceptors (Lipinski definition) is 1. The number of terminal acetylenes is 1. The first-order valence-electron chi connectivity index (χ1n) is 8.35. The average molecular weight is 286 g/mol. The zero-order chi connectivity index (χ0) is 15.6. The molecule has 0 spiro atoms.